The van der Waals surface area contributed by atoms with E-state index in [1.165, 1.54) is 24.6 Å². The lowest BCUT2D eigenvalue weighted by Gasteiger charge is -2.13. The molecule has 2 aromatic heterocycles. The molecule has 1 saturated heterocycles. The molecule has 0 N–H and O–H groups in total. The number of likely N-dealkylation sites (tertiary alicyclic amines) is 1. The van der Waals surface area contributed by atoms with E-state index >= 15 is 0 Å². The van der Waals surface area contributed by atoms with Crippen molar-refractivity contribution in [3.8, 4) is 11.3 Å². The number of nitrogens with zero attached hydrogens (tertiary/aromatic N) is 4. The zero-order chi connectivity index (χ0) is 17.8. The van der Waals surface area contributed by atoms with E-state index < -0.39 is 0 Å². The van der Waals surface area contributed by atoms with E-state index in [2.05, 4.69) is 19.7 Å². The SMILES string of the molecule is CC.O=[N+]([O-])c1ccccc1-c1cn2c(CN3CCCC3)csc2n1. The highest BCUT2D eigenvalue weighted by Gasteiger charge is 2.19. The maximum Gasteiger partial charge on any atom is 0.278 e. The van der Waals surface area contributed by atoms with Crippen LogP contribution >= 0.6 is 11.3 Å². The molecule has 6 nitrogen and oxygen atoms in total. The lowest BCUT2D eigenvalue weighted by molar-refractivity contribution is -0.384. The van der Waals surface area contributed by atoms with Gasteiger partial charge in [-0.2, -0.15) is 0 Å². The molecule has 0 spiro atoms. The van der Waals surface area contributed by atoms with Crippen LogP contribution in [0.25, 0.3) is 16.2 Å². The third kappa shape index (κ3) is 3.57. The Bertz CT molecular complexity index is 865. The van der Waals surface area contributed by atoms with Crippen LogP contribution in [0.5, 0.6) is 0 Å². The number of aromatic nitrogens is 2. The monoisotopic (exact) mass is 358 g/mol. The van der Waals surface area contributed by atoms with Crippen LogP contribution in [0.3, 0.4) is 0 Å². The van der Waals surface area contributed by atoms with Crippen LogP contribution in [-0.4, -0.2) is 32.3 Å². The molecule has 1 aliphatic heterocycles. The minimum Gasteiger partial charge on any atom is -0.298 e. The molecule has 3 aromatic rings. The van der Waals surface area contributed by atoms with Crippen molar-refractivity contribution < 1.29 is 4.92 Å². The molecule has 0 radical (unpaired) electrons. The largest absolute Gasteiger partial charge is 0.298 e. The molecule has 1 aliphatic rings. The molecule has 4 rings (SSSR count). The lowest BCUT2D eigenvalue weighted by Crippen LogP contribution is -2.19. The average molecular weight is 358 g/mol. The number of imidazole rings is 1. The first-order chi connectivity index (χ1) is 12.2. The molecule has 132 valence electrons. The van der Waals surface area contributed by atoms with Crippen LogP contribution in [0.15, 0.2) is 35.8 Å². The second-order valence-electron chi connectivity index (χ2n) is 5.76. The maximum atomic E-state index is 11.2. The Morgan fingerprint density at radius 1 is 1.24 bits per heavy atom. The van der Waals surface area contributed by atoms with Gasteiger partial charge in [-0.3, -0.25) is 19.4 Å². The van der Waals surface area contributed by atoms with Crippen LogP contribution in [0.2, 0.25) is 0 Å². The van der Waals surface area contributed by atoms with Crippen molar-refractivity contribution >= 4 is 22.0 Å². The number of benzene rings is 1. The van der Waals surface area contributed by atoms with Crippen LogP contribution in [0.1, 0.15) is 32.4 Å². The van der Waals surface area contributed by atoms with Gasteiger partial charge in [0, 0.05) is 29.9 Å². The first-order valence-electron chi connectivity index (χ1n) is 8.64. The van der Waals surface area contributed by atoms with Gasteiger partial charge in [-0.25, -0.2) is 4.98 Å². The van der Waals surface area contributed by atoms with E-state index in [4.69, 9.17) is 0 Å². The van der Waals surface area contributed by atoms with Gasteiger partial charge in [0.1, 0.15) is 0 Å². The summed E-state index contributed by atoms with van der Waals surface area (Å²) in [7, 11) is 0. The summed E-state index contributed by atoms with van der Waals surface area (Å²) >= 11 is 1.58. The topological polar surface area (TPSA) is 63.7 Å². The highest BCUT2D eigenvalue weighted by Crippen LogP contribution is 2.31. The molecule has 0 amide bonds. The number of thiazole rings is 1. The lowest BCUT2D eigenvalue weighted by atomic mass is 10.1. The Labute approximate surface area is 150 Å². The van der Waals surface area contributed by atoms with Gasteiger partial charge in [-0.15, -0.1) is 11.3 Å². The van der Waals surface area contributed by atoms with E-state index in [0.717, 1.165) is 24.6 Å². The number of nitro benzene ring substituents is 1. The van der Waals surface area contributed by atoms with Crippen molar-refractivity contribution in [3.05, 3.63) is 51.7 Å². The Morgan fingerprint density at radius 3 is 2.68 bits per heavy atom. The van der Waals surface area contributed by atoms with Crippen molar-refractivity contribution in [2.24, 2.45) is 0 Å². The Balaban J connectivity index is 0.000000880. The zero-order valence-electron chi connectivity index (χ0n) is 14.5. The van der Waals surface area contributed by atoms with Crippen molar-refractivity contribution in [2.45, 2.75) is 33.2 Å². The summed E-state index contributed by atoms with van der Waals surface area (Å²) in [6.07, 6.45) is 4.44. The first-order valence-corrected chi connectivity index (χ1v) is 9.52. The number of hydrogen-bond acceptors (Lipinski definition) is 5. The van der Waals surface area contributed by atoms with Crippen LogP contribution in [0, 0.1) is 10.1 Å². The van der Waals surface area contributed by atoms with Gasteiger partial charge in [0.2, 0.25) is 0 Å². The fourth-order valence-electron chi connectivity index (χ4n) is 3.09. The normalized spacial score (nSPS) is 14.5. The summed E-state index contributed by atoms with van der Waals surface area (Å²) < 4.78 is 2.06. The molecule has 0 aliphatic carbocycles. The van der Waals surface area contributed by atoms with Crippen LogP contribution < -0.4 is 0 Å². The van der Waals surface area contributed by atoms with Crippen molar-refractivity contribution in [3.63, 3.8) is 0 Å². The maximum absolute atomic E-state index is 11.2. The minimum atomic E-state index is -0.353. The van der Waals surface area contributed by atoms with Crippen molar-refractivity contribution in [1.82, 2.24) is 14.3 Å². The second-order valence-corrected chi connectivity index (χ2v) is 6.60. The molecule has 3 heterocycles. The van der Waals surface area contributed by atoms with Gasteiger partial charge >= 0.3 is 0 Å². The molecule has 0 unspecified atom stereocenters. The fraction of sp³-hybridized carbons (Fsp3) is 0.389. The molecule has 7 heteroatoms. The number of fused-ring (bicyclic) bond motifs is 1. The fourth-order valence-corrected chi connectivity index (χ4v) is 3.96. The van der Waals surface area contributed by atoms with Gasteiger partial charge < -0.3 is 0 Å². The van der Waals surface area contributed by atoms with Crippen molar-refractivity contribution in [2.75, 3.05) is 13.1 Å². The van der Waals surface area contributed by atoms with Crippen LogP contribution in [-0.2, 0) is 6.54 Å². The summed E-state index contributed by atoms with van der Waals surface area (Å²) in [4.78, 5) is 18.8. The van der Waals surface area contributed by atoms with Gasteiger partial charge in [0.25, 0.3) is 5.69 Å². The summed E-state index contributed by atoms with van der Waals surface area (Å²) in [5.74, 6) is 0. The highest BCUT2D eigenvalue weighted by atomic mass is 32.1. The first kappa shape index (κ1) is 17.6. The summed E-state index contributed by atoms with van der Waals surface area (Å²) in [6, 6.07) is 6.76. The Morgan fingerprint density at radius 2 is 1.96 bits per heavy atom. The van der Waals surface area contributed by atoms with Crippen LogP contribution in [0.4, 0.5) is 5.69 Å². The molecule has 0 saturated carbocycles. The van der Waals surface area contributed by atoms with Crippen molar-refractivity contribution in [1.29, 1.82) is 0 Å². The molecule has 0 bridgehead atoms. The molecule has 0 atom stereocenters. The summed E-state index contributed by atoms with van der Waals surface area (Å²) in [6.45, 7) is 7.19. The Hall–Kier alpha value is -2.25. The predicted molar refractivity (Wildman–Crippen MR) is 101 cm³/mol. The predicted octanol–water partition coefficient (Wildman–Crippen LogP) is 4.59. The third-order valence-corrected chi connectivity index (χ3v) is 5.13. The van der Waals surface area contributed by atoms with Gasteiger partial charge in [0.15, 0.2) is 4.96 Å². The highest BCUT2D eigenvalue weighted by molar-refractivity contribution is 7.15. The molecule has 25 heavy (non-hydrogen) atoms. The van der Waals surface area contributed by atoms with Gasteiger partial charge in [-0.1, -0.05) is 26.0 Å². The van der Waals surface area contributed by atoms with E-state index in [1.54, 1.807) is 29.5 Å². The average Bonchev–Trinajstić information content (AvgIpc) is 3.36. The van der Waals surface area contributed by atoms with Gasteiger partial charge in [0.05, 0.1) is 16.2 Å². The second kappa shape index (κ2) is 7.76. The number of para-hydroxylation sites is 1. The molecular formula is C18H22N4O2S. The molecule has 1 fully saturated rings. The quantitative estimate of drug-likeness (QED) is 0.505. The standard InChI is InChI=1S/C16H16N4O2S.C2H6/c21-20(22)15-6-2-1-5-13(15)14-10-19-12(11-23-16(19)17-14)9-18-7-3-4-8-18;1-2/h1-2,5-6,10-11H,3-4,7-9H2;1-2H3. The smallest absolute Gasteiger partial charge is 0.278 e. The minimum absolute atomic E-state index is 0.0966. The molecule has 1 aromatic carbocycles. The molecular weight excluding hydrogens is 336 g/mol. The summed E-state index contributed by atoms with van der Waals surface area (Å²) in [5.41, 5.74) is 2.52. The number of rotatable bonds is 4. The van der Waals surface area contributed by atoms with Gasteiger partial charge in [-0.05, 0) is 32.0 Å². The van der Waals surface area contributed by atoms with E-state index in [-0.39, 0.29) is 10.6 Å². The number of hydrogen-bond donors (Lipinski definition) is 0. The zero-order valence-corrected chi connectivity index (χ0v) is 15.3. The number of nitro groups is 1. The summed E-state index contributed by atoms with van der Waals surface area (Å²) in [5, 5.41) is 13.3. The Kier molecular flexibility index (Phi) is 5.45. The third-order valence-electron chi connectivity index (χ3n) is 4.24. The van der Waals surface area contributed by atoms with E-state index in [0.29, 0.717) is 11.3 Å². The van der Waals surface area contributed by atoms with E-state index in [1.807, 2.05) is 20.0 Å². The van der Waals surface area contributed by atoms with E-state index in [9.17, 15) is 10.1 Å².